The number of halogens is 1. The van der Waals surface area contributed by atoms with Crippen LogP contribution in [-0.4, -0.2) is 56.7 Å². The molecular formula is C19H33IN4O3. The van der Waals surface area contributed by atoms with Crippen LogP contribution in [0, 0.1) is 0 Å². The van der Waals surface area contributed by atoms with Gasteiger partial charge in [0.05, 0.1) is 14.2 Å². The molecule has 0 saturated carbocycles. The lowest BCUT2D eigenvalue weighted by Gasteiger charge is -2.24. The van der Waals surface area contributed by atoms with Crippen molar-refractivity contribution < 1.29 is 14.3 Å². The van der Waals surface area contributed by atoms with Crippen molar-refractivity contribution >= 4 is 35.8 Å². The number of carbonyl (C=O) groups excluding carboxylic acids is 1. The van der Waals surface area contributed by atoms with E-state index in [1.807, 2.05) is 57.8 Å². The zero-order valence-electron chi connectivity index (χ0n) is 17.4. The minimum atomic E-state index is -0.271. The third-order valence-corrected chi connectivity index (χ3v) is 3.49. The zero-order valence-corrected chi connectivity index (χ0v) is 19.7. The van der Waals surface area contributed by atoms with Crippen LogP contribution in [0.3, 0.4) is 0 Å². The lowest BCUT2D eigenvalue weighted by molar-refractivity contribution is -0.121. The quantitative estimate of drug-likeness (QED) is 0.348. The highest BCUT2D eigenvalue weighted by molar-refractivity contribution is 14.0. The first-order valence-electron chi connectivity index (χ1n) is 8.71. The van der Waals surface area contributed by atoms with E-state index in [0.29, 0.717) is 19.0 Å². The van der Waals surface area contributed by atoms with Gasteiger partial charge in [-0.2, -0.15) is 0 Å². The molecule has 0 atom stereocenters. The van der Waals surface area contributed by atoms with Crippen molar-refractivity contribution in [1.82, 2.24) is 15.5 Å². The third-order valence-electron chi connectivity index (χ3n) is 3.49. The van der Waals surface area contributed by atoms with Crippen molar-refractivity contribution in [3.8, 4) is 11.5 Å². The Kier molecular flexibility index (Phi) is 11.1. The number of hydrogen-bond donors (Lipinski definition) is 2. The highest BCUT2D eigenvalue weighted by Crippen LogP contribution is 2.25. The highest BCUT2D eigenvalue weighted by Gasteiger charge is 2.15. The van der Waals surface area contributed by atoms with Gasteiger partial charge < -0.3 is 25.0 Å². The average Bonchev–Trinajstić information content (AvgIpc) is 2.57. The van der Waals surface area contributed by atoms with E-state index in [0.717, 1.165) is 17.1 Å². The van der Waals surface area contributed by atoms with Crippen LogP contribution in [0.4, 0.5) is 0 Å². The van der Waals surface area contributed by atoms with Crippen LogP contribution in [0.15, 0.2) is 23.2 Å². The summed E-state index contributed by atoms with van der Waals surface area (Å²) < 4.78 is 10.7. The Balaban J connectivity index is 0.00000676. The van der Waals surface area contributed by atoms with E-state index in [4.69, 9.17) is 9.47 Å². The van der Waals surface area contributed by atoms with Crippen molar-refractivity contribution in [3.05, 3.63) is 23.8 Å². The smallest absolute Gasteiger partial charge is 0.242 e. The van der Waals surface area contributed by atoms with Crippen LogP contribution < -0.4 is 20.1 Å². The molecule has 1 aromatic carbocycles. The number of amides is 1. The monoisotopic (exact) mass is 492 g/mol. The summed E-state index contributed by atoms with van der Waals surface area (Å²) in [6.07, 6.45) is 0. The van der Waals surface area contributed by atoms with Crippen molar-refractivity contribution in [2.24, 2.45) is 4.99 Å². The number of benzene rings is 1. The number of ether oxygens (including phenoxy) is 2. The van der Waals surface area contributed by atoms with Crippen molar-refractivity contribution in [3.63, 3.8) is 0 Å². The molecule has 0 fully saturated rings. The van der Waals surface area contributed by atoms with Crippen LogP contribution >= 0.6 is 24.0 Å². The maximum Gasteiger partial charge on any atom is 0.242 e. The molecule has 0 unspecified atom stereocenters. The first kappa shape index (κ1) is 25.3. The lowest BCUT2D eigenvalue weighted by atomic mass is 10.1. The Bertz CT molecular complexity index is 630. The van der Waals surface area contributed by atoms with Gasteiger partial charge in [0, 0.05) is 37.3 Å². The number of guanidine groups is 1. The number of nitrogens with one attached hydrogen (secondary N) is 2. The molecule has 8 heteroatoms. The molecular weight excluding hydrogens is 459 g/mol. The molecule has 0 spiro atoms. The second-order valence-electron chi connectivity index (χ2n) is 7.00. The molecule has 154 valence electrons. The van der Waals surface area contributed by atoms with Crippen molar-refractivity contribution in [1.29, 1.82) is 0 Å². The first-order chi connectivity index (χ1) is 12.2. The normalized spacial score (nSPS) is 11.3. The van der Waals surface area contributed by atoms with Crippen molar-refractivity contribution in [2.75, 3.05) is 34.4 Å². The molecule has 0 aliphatic rings. The number of methoxy groups -OCH3 is 2. The Morgan fingerprint density at radius 2 is 1.89 bits per heavy atom. The number of aliphatic imine (C=N–C) groups is 1. The molecule has 0 aromatic heterocycles. The number of rotatable bonds is 7. The largest absolute Gasteiger partial charge is 0.497 e. The summed E-state index contributed by atoms with van der Waals surface area (Å²) in [6.45, 7) is 9.20. The third kappa shape index (κ3) is 9.16. The molecule has 0 bridgehead atoms. The summed E-state index contributed by atoms with van der Waals surface area (Å²) in [6, 6.07) is 5.71. The molecule has 27 heavy (non-hydrogen) atoms. The van der Waals surface area contributed by atoms with Gasteiger partial charge in [-0.05, 0) is 39.8 Å². The van der Waals surface area contributed by atoms with E-state index in [9.17, 15) is 4.79 Å². The van der Waals surface area contributed by atoms with Crippen LogP contribution in [0.2, 0.25) is 0 Å². The maximum atomic E-state index is 12.0. The van der Waals surface area contributed by atoms with Gasteiger partial charge in [-0.15, -0.1) is 24.0 Å². The second-order valence-corrected chi connectivity index (χ2v) is 7.00. The van der Waals surface area contributed by atoms with Crippen LogP contribution in [-0.2, 0) is 11.3 Å². The minimum absolute atomic E-state index is 0. The Morgan fingerprint density at radius 1 is 1.22 bits per heavy atom. The van der Waals surface area contributed by atoms with E-state index in [1.165, 1.54) is 0 Å². The van der Waals surface area contributed by atoms with E-state index in [2.05, 4.69) is 15.6 Å². The fourth-order valence-corrected chi connectivity index (χ4v) is 2.39. The number of hydrogen-bond acceptors (Lipinski definition) is 4. The molecule has 1 rings (SSSR count). The summed E-state index contributed by atoms with van der Waals surface area (Å²) in [4.78, 5) is 18.4. The second kappa shape index (κ2) is 11.9. The van der Waals surface area contributed by atoms with E-state index in [-0.39, 0.29) is 42.0 Å². The van der Waals surface area contributed by atoms with Gasteiger partial charge >= 0.3 is 0 Å². The molecule has 0 aliphatic heterocycles. The first-order valence-corrected chi connectivity index (χ1v) is 8.71. The Labute approximate surface area is 179 Å². The van der Waals surface area contributed by atoms with Gasteiger partial charge in [-0.25, -0.2) is 4.99 Å². The SMILES string of the molecule is CCNC(=NCC(=O)NC(C)(C)C)N(C)Cc1ccc(OC)cc1OC.I. The Morgan fingerprint density at radius 3 is 2.41 bits per heavy atom. The zero-order chi connectivity index (χ0) is 19.7. The molecule has 1 amide bonds. The fraction of sp³-hybridized carbons (Fsp3) is 0.579. The number of carbonyl (C=O) groups is 1. The van der Waals surface area contributed by atoms with E-state index < -0.39 is 0 Å². The van der Waals surface area contributed by atoms with Gasteiger partial charge in [-0.1, -0.05) is 0 Å². The summed E-state index contributed by atoms with van der Waals surface area (Å²) in [5.74, 6) is 2.04. The Hall–Kier alpha value is -1.71. The summed E-state index contributed by atoms with van der Waals surface area (Å²) >= 11 is 0. The number of nitrogens with zero attached hydrogens (tertiary/aromatic N) is 2. The average molecular weight is 492 g/mol. The standard InChI is InChI=1S/C19H32N4O3.HI/c1-8-20-18(21-12-17(24)22-19(2,3)4)23(5)13-14-9-10-15(25-6)11-16(14)26-7;/h9-11H,8,12-13H2,1-7H3,(H,20,21)(H,22,24);1H. The van der Waals surface area contributed by atoms with Crippen LogP contribution in [0.1, 0.15) is 33.3 Å². The van der Waals surface area contributed by atoms with Crippen LogP contribution in [0.25, 0.3) is 0 Å². The van der Waals surface area contributed by atoms with E-state index >= 15 is 0 Å². The predicted octanol–water partition coefficient (Wildman–Crippen LogP) is 2.63. The maximum absolute atomic E-state index is 12.0. The topological polar surface area (TPSA) is 75.2 Å². The predicted molar refractivity (Wildman–Crippen MR) is 120 cm³/mol. The van der Waals surface area contributed by atoms with E-state index in [1.54, 1.807) is 14.2 Å². The molecule has 0 aliphatic carbocycles. The summed E-state index contributed by atoms with van der Waals surface area (Å²) in [7, 11) is 5.18. The van der Waals surface area contributed by atoms with Gasteiger partial charge in [0.15, 0.2) is 5.96 Å². The molecule has 0 heterocycles. The molecule has 0 radical (unpaired) electrons. The molecule has 0 saturated heterocycles. The molecule has 1 aromatic rings. The molecule has 7 nitrogen and oxygen atoms in total. The summed E-state index contributed by atoms with van der Waals surface area (Å²) in [5, 5.41) is 6.12. The van der Waals surface area contributed by atoms with Gasteiger partial charge in [0.1, 0.15) is 18.0 Å². The van der Waals surface area contributed by atoms with Gasteiger partial charge in [0.25, 0.3) is 0 Å². The minimum Gasteiger partial charge on any atom is -0.497 e. The van der Waals surface area contributed by atoms with Crippen molar-refractivity contribution in [2.45, 2.75) is 39.8 Å². The van der Waals surface area contributed by atoms with Crippen LogP contribution in [0.5, 0.6) is 11.5 Å². The lowest BCUT2D eigenvalue weighted by Crippen LogP contribution is -2.43. The van der Waals surface area contributed by atoms with Gasteiger partial charge in [0.2, 0.25) is 5.91 Å². The fourth-order valence-electron chi connectivity index (χ4n) is 2.39. The summed E-state index contributed by atoms with van der Waals surface area (Å²) in [5.41, 5.74) is 0.730. The highest BCUT2D eigenvalue weighted by atomic mass is 127. The molecule has 2 N–H and O–H groups in total. The van der Waals surface area contributed by atoms with Gasteiger partial charge in [-0.3, -0.25) is 4.79 Å².